The number of nitrogens with one attached hydrogen (secondary N) is 1. The quantitative estimate of drug-likeness (QED) is 0.893. The lowest BCUT2D eigenvalue weighted by atomic mass is 10.1. The minimum Gasteiger partial charge on any atom is -0.475 e. The van der Waals surface area contributed by atoms with Crippen molar-refractivity contribution >= 4 is 34.1 Å². The van der Waals surface area contributed by atoms with Crippen LogP contribution >= 0.6 is 23.2 Å². The van der Waals surface area contributed by atoms with E-state index in [2.05, 4.69) is 4.98 Å². The highest BCUT2D eigenvalue weighted by Gasteiger charge is 2.15. The first-order chi connectivity index (χ1) is 8.04. The Morgan fingerprint density at radius 2 is 2.18 bits per heavy atom. The Morgan fingerprint density at radius 3 is 2.82 bits per heavy atom. The third-order valence-electron chi connectivity index (χ3n) is 2.50. The predicted molar refractivity (Wildman–Crippen MR) is 68.8 cm³/mol. The van der Waals surface area contributed by atoms with Gasteiger partial charge in [-0.05, 0) is 19.4 Å². The van der Waals surface area contributed by atoms with E-state index in [0.717, 1.165) is 16.5 Å². The zero-order valence-electron chi connectivity index (χ0n) is 9.34. The standard InChI is InChI=1S/C12H10Cl2N2O/c1-6-5-16-12-10(6)9(17-7(2)4-15)3-8(13)11(12)14/h3,5,7,16H,1-2H3. The Kier molecular flexibility index (Phi) is 3.19. The molecule has 5 heteroatoms. The summed E-state index contributed by atoms with van der Waals surface area (Å²) >= 11 is 12.1. The van der Waals surface area contributed by atoms with Crippen LogP contribution in [-0.2, 0) is 0 Å². The second-order valence-electron chi connectivity index (χ2n) is 3.78. The van der Waals surface area contributed by atoms with Gasteiger partial charge in [-0.25, -0.2) is 0 Å². The van der Waals surface area contributed by atoms with Crippen molar-refractivity contribution in [2.45, 2.75) is 20.0 Å². The lowest BCUT2D eigenvalue weighted by molar-refractivity contribution is 0.280. The van der Waals surface area contributed by atoms with Crippen LogP contribution in [0.5, 0.6) is 5.75 Å². The Morgan fingerprint density at radius 1 is 1.47 bits per heavy atom. The lowest BCUT2D eigenvalue weighted by Crippen LogP contribution is -2.08. The zero-order chi connectivity index (χ0) is 12.6. The molecule has 2 aromatic rings. The second kappa shape index (κ2) is 4.48. The Hall–Kier alpha value is -1.37. The van der Waals surface area contributed by atoms with Gasteiger partial charge in [-0.1, -0.05) is 23.2 Å². The molecule has 0 spiro atoms. The van der Waals surface area contributed by atoms with Gasteiger partial charge < -0.3 is 9.72 Å². The molecule has 1 aromatic carbocycles. The number of H-pyrrole nitrogens is 1. The highest BCUT2D eigenvalue weighted by Crippen LogP contribution is 2.38. The van der Waals surface area contributed by atoms with Crippen molar-refractivity contribution in [3.63, 3.8) is 0 Å². The van der Waals surface area contributed by atoms with Crippen LogP contribution in [-0.4, -0.2) is 11.1 Å². The minimum atomic E-state index is -0.537. The molecule has 0 saturated carbocycles. The fraction of sp³-hybridized carbons (Fsp3) is 0.250. The first kappa shape index (κ1) is 12.1. The average Bonchev–Trinajstić information content (AvgIpc) is 2.68. The van der Waals surface area contributed by atoms with Crippen LogP contribution in [0, 0.1) is 18.3 Å². The molecule has 0 radical (unpaired) electrons. The molecule has 17 heavy (non-hydrogen) atoms. The number of rotatable bonds is 2. The van der Waals surface area contributed by atoms with Crippen LogP contribution < -0.4 is 4.74 Å². The molecule has 1 unspecified atom stereocenters. The van der Waals surface area contributed by atoms with Crippen molar-refractivity contribution in [1.82, 2.24) is 4.98 Å². The fourth-order valence-electron chi connectivity index (χ4n) is 1.69. The summed E-state index contributed by atoms with van der Waals surface area (Å²) in [5, 5.41) is 10.5. The number of nitriles is 1. The molecule has 1 heterocycles. The summed E-state index contributed by atoms with van der Waals surface area (Å²) in [7, 11) is 0. The molecule has 1 N–H and O–H groups in total. The molecule has 1 atom stereocenters. The molecule has 0 saturated heterocycles. The number of benzene rings is 1. The first-order valence-electron chi connectivity index (χ1n) is 5.06. The normalized spacial score (nSPS) is 12.4. The van der Waals surface area contributed by atoms with Crippen molar-refractivity contribution in [1.29, 1.82) is 5.26 Å². The van der Waals surface area contributed by atoms with Gasteiger partial charge >= 0.3 is 0 Å². The highest BCUT2D eigenvalue weighted by molar-refractivity contribution is 6.45. The smallest absolute Gasteiger partial charge is 0.181 e. The van der Waals surface area contributed by atoms with Gasteiger partial charge in [0.2, 0.25) is 0 Å². The molecular weight excluding hydrogens is 259 g/mol. The SMILES string of the molecule is Cc1c[nH]c2c(Cl)c(Cl)cc(OC(C)C#N)c12. The van der Waals surface area contributed by atoms with E-state index in [9.17, 15) is 0 Å². The van der Waals surface area contributed by atoms with Gasteiger partial charge in [-0.15, -0.1) is 0 Å². The van der Waals surface area contributed by atoms with E-state index in [4.69, 9.17) is 33.2 Å². The predicted octanol–water partition coefficient (Wildman–Crippen LogP) is 4.07. The monoisotopic (exact) mass is 268 g/mol. The van der Waals surface area contributed by atoms with Crippen molar-refractivity contribution in [2.24, 2.45) is 0 Å². The largest absolute Gasteiger partial charge is 0.475 e. The maximum Gasteiger partial charge on any atom is 0.181 e. The first-order valence-corrected chi connectivity index (χ1v) is 5.82. The summed E-state index contributed by atoms with van der Waals surface area (Å²) in [5.41, 5.74) is 1.73. The molecule has 0 aliphatic carbocycles. The third-order valence-corrected chi connectivity index (χ3v) is 3.28. The van der Waals surface area contributed by atoms with Gasteiger partial charge in [0.15, 0.2) is 6.10 Å². The number of aryl methyl sites for hydroxylation is 1. The second-order valence-corrected chi connectivity index (χ2v) is 4.57. The Labute approximate surface area is 109 Å². The van der Waals surface area contributed by atoms with Gasteiger partial charge in [0.1, 0.15) is 11.8 Å². The zero-order valence-corrected chi connectivity index (χ0v) is 10.9. The van der Waals surface area contributed by atoms with Crippen molar-refractivity contribution < 1.29 is 4.74 Å². The number of hydrogen-bond donors (Lipinski definition) is 1. The topological polar surface area (TPSA) is 48.8 Å². The molecule has 2 rings (SSSR count). The van der Waals surface area contributed by atoms with Crippen LogP contribution in [0.3, 0.4) is 0 Å². The lowest BCUT2D eigenvalue weighted by Gasteiger charge is -2.11. The number of ether oxygens (including phenoxy) is 1. The van der Waals surface area contributed by atoms with Crippen LogP contribution in [0.15, 0.2) is 12.3 Å². The summed E-state index contributed by atoms with van der Waals surface area (Å²) in [5.74, 6) is 0.571. The van der Waals surface area contributed by atoms with Gasteiger partial charge in [0.25, 0.3) is 0 Å². The van der Waals surface area contributed by atoms with E-state index in [1.54, 1.807) is 13.0 Å². The molecular formula is C12H10Cl2N2O. The van der Waals surface area contributed by atoms with Crippen molar-refractivity contribution in [3.05, 3.63) is 27.9 Å². The molecule has 1 aromatic heterocycles. The summed E-state index contributed by atoms with van der Waals surface area (Å²) in [6.07, 6.45) is 1.29. The number of halogens is 2. The van der Waals surface area contributed by atoms with Crippen molar-refractivity contribution in [3.8, 4) is 11.8 Å². The number of aromatic amines is 1. The van der Waals surface area contributed by atoms with Crippen molar-refractivity contribution in [2.75, 3.05) is 0 Å². The summed E-state index contributed by atoms with van der Waals surface area (Å²) in [6, 6.07) is 3.66. The van der Waals surface area contributed by atoms with E-state index < -0.39 is 6.10 Å². The van der Waals surface area contributed by atoms with Gasteiger partial charge in [0.05, 0.1) is 15.6 Å². The summed E-state index contributed by atoms with van der Waals surface area (Å²) < 4.78 is 5.53. The Bertz CT molecular complexity index is 613. The summed E-state index contributed by atoms with van der Waals surface area (Å²) in [4.78, 5) is 3.05. The van der Waals surface area contributed by atoms with E-state index in [1.807, 2.05) is 19.2 Å². The maximum absolute atomic E-state index is 8.77. The highest BCUT2D eigenvalue weighted by atomic mass is 35.5. The molecule has 88 valence electrons. The van der Waals surface area contributed by atoms with Gasteiger partial charge in [0, 0.05) is 17.6 Å². The molecule has 0 bridgehead atoms. The van der Waals surface area contributed by atoms with Gasteiger partial charge in [-0.3, -0.25) is 0 Å². The number of fused-ring (bicyclic) bond motifs is 1. The number of hydrogen-bond acceptors (Lipinski definition) is 2. The van der Waals surface area contributed by atoms with E-state index in [-0.39, 0.29) is 0 Å². The number of nitrogens with zero attached hydrogens (tertiary/aromatic N) is 1. The third kappa shape index (κ3) is 2.06. The van der Waals surface area contributed by atoms with Crippen LogP contribution in [0.2, 0.25) is 10.0 Å². The van der Waals surface area contributed by atoms with Crippen LogP contribution in [0.4, 0.5) is 0 Å². The molecule has 0 amide bonds. The van der Waals surface area contributed by atoms with E-state index >= 15 is 0 Å². The Balaban J connectivity index is 2.66. The van der Waals surface area contributed by atoms with Crippen LogP contribution in [0.25, 0.3) is 10.9 Å². The molecule has 0 aliphatic heterocycles. The van der Waals surface area contributed by atoms with E-state index in [0.29, 0.717) is 15.8 Å². The molecule has 0 aliphatic rings. The average molecular weight is 269 g/mol. The molecule has 3 nitrogen and oxygen atoms in total. The summed E-state index contributed by atoms with van der Waals surface area (Å²) in [6.45, 7) is 3.61. The van der Waals surface area contributed by atoms with Crippen LogP contribution in [0.1, 0.15) is 12.5 Å². The van der Waals surface area contributed by atoms with E-state index in [1.165, 1.54) is 0 Å². The number of aromatic nitrogens is 1. The van der Waals surface area contributed by atoms with Gasteiger partial charge in [-0.2, -0.15) is 5.26 Å². The fourth-order valence-corrected chi connectivity index (χ4v) is 2.09. The maximum atomic E-state index is 8.77. The molecule has 0 fully saturated rings. The minimum absolute atomic E-state index is 0.404.